The molecule has 20 heavy (non-hydrogen) atoms. The number of nitrogens with zero attached hydrogens (tertiary/aromatic N) is 5. The molecule has 1 aromatic heterocycles. The summed E-state index contributed by atoms with van der Waals surface area (Å²) >= 11 is 5.73. The third-order valence-electron chi connectivity index (χ3n) is 3.45. The number of nitrogens with one attached hydrogen (secondary N) is 1. The van der Waals surface area contributed by atoms with Crippen LogP contribution in [-0.2, 0) is 0 Å². The molecule has 3 heterocycles. The smallest absolute Gasteiger partial charge is 0.329 e. The number of hydrogen-bond acceptors (Lipinski definition) is 6. The molecule has 9 nitrogen and oxygen atoms in total. The Bertz CT molecular complexity index is 582. The molecular formula is C10H11ClN6O3. The predicted octanol–water partition coefficient (Wildman–Crippen LogP) is 0.252. The van der Waals surface area contributed by atoms with Crippen molar-refractivity contribution in [2.75, 3.05) is 31.1 Å². The third-order valence-corrected chi connectivity index (χ3v) is 3.63. The van der Waals surface area contributed by atoms with Crippen LogP contribution in [0.2, 0.25) is 5.28 Å². The maximum absolute atomic E-state index is 11.5. The largest absolute Gasteiger partial charge is 0.347 e. The molecule has 1 aromatic rings. The van der Waals surface area contributed by atoms with Crippen LogP contribution in [0.1, 0.15) is 0 Å². The molecule has 2 saturated heterocycles. The Hall–Kier alpha value is -2.16. The van der Waals surface area contributed by atoms with E-state index in [2.05, 4.69) is 15.3 Å². The fourth-order valence-electron chi connectivity index (χ4n) is 2.50. The van der Waals surface area contributed by atoms with Crippen molar-refractivity contribution in [2.24, 2.45) is 0 Å². The van der Waals surface area contributed by atoms with E-state index in [4.69, 9.17) is 11.6 Å². The molecule has 3 rings (SSSR count). The summed E-state index contributed by atoms with van der Waals surface area (Å²) in [4.78, 5) is 33.1. The van der Waals surface area contributed by atoms with Gasteiger partial charge in [-0.1, -0.05) is 0 Å². The molecule has 0 saturated carbocycles. The van der Waals surface area contributed by atoms with Crippen molar-refractivity contribution >= 4 is 29.1 Å². The molecule has 1 unspecified atom stereocenters. The first-order valence-corrected chi connectivity index (χ1v) is 6.40. The van der Waals surface area contributed by atoms with Gasteiger partial charge in [-0.3, -0.25) is 10.1 Å². The van der Waals surface area contributed by atoms with E-state index in [0.29, 0.717) is 26.2 Å². The van der Waals surface area contributed by atoms with Gasteiger partial charge >= 0.3 is 11.7 Å². The number of fused-ring (bicyclic) bond motifs is 1. The number of anilines is 1. The molecule has 2 amide bonds. The monoisotopic (exact) mass is 298 g/mol. The molecule has 2 fully saturated rings. The van der Waals surface area contributed by atoms with Crippen molar-refractivity contribution in [1.29, 1.82) is 0 Å². The van der Waals surface area contributed by atoms with Crippen LogP contribution >= 0.6 is 11.6 Å². The highest BCUT2D eigenvalue weighted by Gasteiger charge is 2.37. The first kappa shape index (κ1) is 12.9. The van der Waals surface area contributed by atoms with Gasteiger partial charge in [0.2, 0.25) is 11.1 Å². The van der Waals surface area contributed by atoms with E-state index < -0.39 is 4.92 Å². The van der Waals surface area contributed by atoms with Crippen LogP contribution in [0.4, 0.5) is 16.3 Å². The van der Waals surface area contributed by atoms with Gasteiger partial charge in [0, 0.05) is 26.2 Å². The maximum Gasteiger partial charge on any atom is 0.329 e. The summed E-state index contributed by atoms with van der Waals surface area (Å²) in [6.07, 6.45) is 1.11. The van der Waals surface area contributed by atoms with Crippen LogP contribution in [0.3, 0.4) is 0 Å². The lowest BCUT2D eigenvalue weighted by atomic mass is 10.2. The minimum absolute atomic E-state index is 0.00963. The number of aromatic nitrogens is 2. The van der Waals surface area contributed by atoms with Gasteiger partial charge in [-0.15, -0.1) is 0 Å². The molecule has 1 atom stereocenters. The van der Waals surface area contributed by atoms with Crippen molar-refractivity contribution in [3.8, 4) is 0 Å². The predicted molar refractivity (Wildman–Crippen MR) is 69.8 cm³/mol. The highest BCUT2D eigenvalue weighted by molar-refractivity contribution is 6.28. The van der Waals surface area contributed by atoms with E-state index in [9.17, 15) is 14.9 Å². The van der Waals surface area contributed by atoms with E-state index in [1.165, 1.54) is 0 Å². The average Bonchev–Trinajstić information content (AvgIpc) is 2.79. The molecule has 2 aliphatic heterocycles. The molecule has 0 aliphatic carbocycles. The Kier molecular flexibility index (Phi) is 3.05. The molecule has 1 N–H and O–H groups in total. The minimum atomic E-state index is -0.532. The summed E-state index contributed by atoms with van der Waals surface area (Å²) in [5.74, 6) is 0.203. The topological polar surface area (TPSA) is 104 Å². The SMILES string of the molecule is O=C1NCC2CN(c3nc(Cl)ncc3[N+](=O)[O-])CCN12. The quantitative estimate of drug-likeness (QED) is 0.477. The van der Waals surface area contributed by atoms with E-state index >= 15 is 0 Å². The van der Waals surface area contributed by atoms with E-state index in [1.54, 1.807) is 9.80 Å². The molecule has 2 aliphatic rings. The van der Waals surface area contributed by atoms with Crippen molar-refractivity contribution in [2.45, 2.75) is 6.04 Å². The highest BCUT2D eigenvalue weighted by atomic mass is 35.5. The lowest BCUT2D eigenvalue weighted by Crippen LogP contribution is -2.52. The van der Waals surface area contributed by atoms with E-state index in [0.717, 1.165) is 6.20 Å². The van der Waals surface area contributed by atoms with Gasteiger partial charge in [-0.05, 0) is 11.6 Å². The van der Waals surface area contributed by atoms with Crippen molar-refractivity contribution in [3.63, 3.8) is 0 Å². The Morgan fingerprint density at radius 1 is 1.50 bits per heavy atom. The second-order valence-corrected chi connectivity index (χ2v) is 4.92. The summed E-state index contributed by atoms with van der Waals surface area (Å²) in [6.45, 7) is 1.97. The molecule has 0 bridgehead atoms. The number of rotatable bonds is 2. The minimum Gasteiger partial charge on any atom is -0.347 e. The molecular weight excluding hydrogens is 288 g/mol. The van der Waals surface area contributed by atoms with Crippen LogP contribution in [0, 0.1) is 10.1 Å². The second-order valence-electron chi connectivity index (χ2n) is 4.58. The summed E-state index contributed by atoms with van der Waals surface area (Å²) in [6, 6.07) is -0.102. The van der Waals surface area contributed by atoms with Crippen molar-refractivity contribution in [3.05, 3.63) is 21.6 Å². The standard InChI is InChI=1S/C10H11ClN6O3/c11-9-12-4-7(17(19)20)8(14-9)15-1-2-16-6(5-15)3-13-10(16)18/h4,6H,1-3,5H2,(H,13,18). The lowest BCUT2D eigenvalue weighted by molar-refractivity contribution is -0.384. The summed E-state index contributed by atoms with van der Waals surface area (Å²) in [7, 11) is 0. The van der Waals surface area contributed by atoms with Gasteiger partial charge in [-0.2, -0.15) is 4.98 Å². The van der Waals surface area contributed by atoms with Gasteiger partial charge < -0.3 is 15.1 Å². The van der Waals surface area contributed by atoms with Crippen molar-refractivity contribution in [1.82, 2.24) is 20.2 Å². The lowest BCUT2D eigenvalue weighted by Gasteiger charge is -2.36. The van der Waals surface area contributed by atoms with Crippen LogP contribution < -0.4 is 10.2 Å². The fraction of sp³-hybridized carbons (Fsp3) is 0.500. The Labute approximate surface area is 118 Å². The van der Waals surface area contributed by atoms with E-state index in [-0.39, 0.29) is 28.9 Å². The third kappa shape index (κ3) is 2.09. The van der Waals surface area contributed by atoms with Crippen LogP contribution in [0.5, 0.6) is 0 Å². The summed E-state index contributed by atoms with van der Waals surface area (Å²) in [5.41, 5.74) is -0.180. The zero-order chi connectivity index (χ0) is 14.3. The number of halogens is 1. The number of amides is 2. The van der Waals surface area contributed by atoms with Gasteiger partial charge in [0.05, 0.1) is 11.0 Å². The van der Waals surface area contributed by atoms with Gasteiger partial charge in [-0.25, -0.2) is 9.78 Å². The Morgan fingerprint density at radius 2 is 2.30 bits per heavy atom. The maximum atomic E-state index is 11.5. The van der Waals surface area contributed by atoms with Crippen LogP contribution in [0.25, 0.3) is 0 Å². The molecule has 0 aromatic carbocycles. The van der Waals surface area contributed by atoms with Crippen LogP contribution in [0.15, 0.2) is 6.20 Å². The average molecular weight is 299 g/mol. The zero-order valence-corrected chi connectivity index (χ0v) is 11.1. The van der Waals surface area contributed by atoms with Gasteiger partial charge in [0.1, 0.15) is 6.20 Å². The number of urea groups is 1. The number of carbonyl (C=O) groups excluding carboxylic acids is 1. The highest BCUT2D eigenvalue weighted by Crippen LogP contribution is 2.28. The summed E-state index contributed by atoms with van der Waals surface area (Å²) in [5, 5.41) is 13.8. The summed E-state index contributed by atoms with van der Waals surface area (Å²) < 4.78 is 0. The number of piperazine rings is 1. The first-order chi connectivity index (χ1) is 9.56. The van der Waals surface area contributed by atoms with E-state index in [1.807, 2.05) is 0 Å². The normalized spacial score (nSPS) is 21.6. The number of carbonyl (C=O) groups is 1. The fourth-order valence-corrected chi connectivity index (χ4v) is 2.63. The van der Waals surface area contributed by atoms with Gasteiger partial charge in [0.15, 0.2) is 0 Å². The Balaban J connectivity index is 1.89. The molecule has 0 radical (unpaired) electrons. The molecule has 10 heteroatoms. The first-order valence-electron chi connectivity index (χ1n) is 6.02. The van der Waals surface area contributed by atoms with Crippen molar-refractivity contribution < 1.29 is 9.72 Å². The number of nitro groups is 1. The number of hydrogen-bond donors (Lipinski definition) is 1. The zero-order valence-electron chi connectivity index (χ0n) is 10.3. The van der Waals surface area contributed by atoms with Gasteiger partial charge in [0.25, 0.3) is 0 Å². The second kappa shape index (κ2) is 4.75. The van der Waals surface area contributed by atoms with Crippen LogP contribution in [-0.4, -0.2) is 58.0 Å². The molecule has 106 valence electrons. The Morgan fingerprint density at radius 3 is 3.05 bits per heavy atom. The molecule has 0 spiro atoms.